The van der Waals surface area contributed by atoms with Crippen LogP contribution in [0.5, 0.6) is 0 Å². The fourth-order valence-electron chi connectivity index (χ4n) is 5.06. The lowest BCUT2D eigenvalue weighted by Gasteiger charge is -2.55. The Bertz CT molecular complexity index is 614. The molecule has 1 N–H and O–H groups in total. The molecule has 0 saturated heterocycles. The number of rotatable bonds is 1. The number of hydrogen-bond donors (Lipinski definition) is 1. The highest BCUT2D eigenvalue weighted by Crippen LogP contribution is 2.57. The summed E-state index contributed by atoms with van der Waals surface area (Å²) in [6, 6.07) is 6.42. The van der Waals surface area contributed by atoms with Crippen LogP contribution in [0.2, 0.25) is 0 Å². The summed E-state index contributed by atoms with van der Waals surface area (Å²) in [5.74, 6) is 1.02. The minimum atomic E-state index is -0.276. The molecule has 1 fully saturated rings. The van der Waals surface area contributed by atoms with Crippen LogP contribution in [0.15, 0.2) is 18.2 Å². The molecule has 3 rings (SSSR count). The van der Waals surface area contributed by atoms with E-state index in [0.717, 1.165) is 24.0 Å². The predicted molar refractivity (Wildman–Crippen MR) is 89.3 cm³/mol. The largest absolute Gasteiger partial charge is 0.393 e. The second-order valence-corrected chi connectivity index (χ2v) is 8.61. The summed E-state index contributed by atoms with van der Waals surface area (Å²) >= 11 is 0. The van der Waals surface area contributed by atoms with Gasteiger partial charge in [-0.15, -0.1) is 0 Å². The first-order valence-corrected chi connectivity index (χ1v) is 8.51. The zero-order chi connectivity index (χ0) is 16.3. The van der Waals surface area contributed by atoms with Crippen LogP contribution in [0.1, 0.15) is 81.3 Å². The molecule has 22 heavy (non-hydrogen) atoms. The van der Waals surface area contributed by atoms with Crippen LogP contribution < -0.4 is 0 Å². The smallest absolute Gasteiger partial charge is 0.163 e. The molecular weight excluding hydrogens is 272 g/mol. The fourth-order valence-corrected chi connectivity index (χ4v) is 5.06. The van der Waals surface area contributed by atoms with E-state index in [0.29, 0.717) is 18.3 Å². The highest BCUT2D eigenvalue weighted by molar-refractivity contribution is 5.99. The Morgan fingerprint density at radius 1 is 1.18 bits per heavy atom. The molecule has 1 saturated carbocycles. The van der Waals surface area contributed by atoms with Crippen molar-refractivity contribution in [2.24, 2.45) is 11.3 Å². The number of benzene rings is 1. The Morgan fingerprint density at radius 2 is 1.86 bits per heavy atom. The molecular formula is C20H28O2. The molecule has 0 aliphatic heterocycles. The van der Waals surface area contributed by atoms with E-state index in [2.05, 4.69) is 52.8 Å². The lowest BCUT2D eigenvalue weighted by atomic mass is 9.49. The molecule has 0 amide bonds. The Kier molecular flexibility index (Phi) is 3.52. The van der Waals surface area contributed by atoms with Crippen LogP contribution in [0.4, 0.5) is 0 Å². The first kappa shape index (κ1) is 15.7. The van der Waals surface area contributed by atoms with Gasteiger partial charge in [0.1, 0.15) is 0 Å². The van der Waals surface area contributed by atoms with Crippen LogP contribution in [-0.2, 0) is 5.41 Å². The summed E-state index contributed by atoms with van der Waals surface area (Å²) in [6.45, 7) is 11.0. The number of aliphatic hydroxyl groups excluding tert-OH is 1. The number of hydrogen-bond acceptors (Lipinski definition) is 2. The number of carbonyl (C=O) groups is 1. The summed E-state index contributed by atoms with van der Waals surface area (Å²) in [6.07, 6.45) is 1.90. The monoisotopic (exact) mass is 300 g/mol. The van der Waals surface area contributed by atoms with Crippen molar-refractivity contribution in [1.29, 1.82) is 0 Å². The number of Topliss-reactive ketones (excluding diaryl/α,β-unsaturated/α-hetero) is 1. The lowest BCUT2D eigenvalue weighted by Crippen LogP contribution is -2.53. The molecule has 2 nitrogen and oxygen atoms in total. The van der Waals surface area contributed by atoms with E-state index in [9.17, 15) is 9.90 Å². The number of fused-ring (bicyclic) bond motifs is 3. The van der Waals surface area contributed by atoms with Crippen LogP contribution in [0, 0.1) is 11.3 Å². The van der Waals surface area contributed by atoms with Gasteiger partial charge in [0.2, 0.25) is 0 Å². The highest BCUT2D eigenvalue weighted by atomic mass is 16.3. The summed E-state index contributed by atoms with van der Waals surface area (Å²) in [5.41, 5.74) is 3.18. The molecule has 2 aliphatic rings. The summed E-state index contributed by atoms with van der Waals surface area (Å²) in [5, 5.41) is 10.4. The molecule has 1 aromatic carbocycles. The van der Waals surface area contributed by atoms with E-state index >= 15 is 0 Å². The van der Waals surface area contributed by atoms with Gasteiger partial charge in [-0.1, -0.05) is 46.8 Å². The van der Waals surface area contributed by atoms with Gasteiger partial charge in [0.25, 0.3) is 0 Å². The van der Waals surface area contributed by atoms with Crippen molar-refractivity contribution in [3.63, 3.8) is 0 Å². The molecule has 3 unspecified atom stereocenters. The maximum atomic E-state index is 12.8. The Hall–Kier alpha value is -1.15. The Labute approximate surface area is 133 Å². The molecule has 0 aromatic heterocycles. The van der Waals surface area contributed by atoms with E-state index in [-0.39, 0.29) is 22.7 Å². The molecule has 3 atom stereocenters. The molecule has 2 heteroatoms. The molecule has 0 spiro atoms. The molecule has 1 aromatic rings. The van der Waals surface area contributed by atoms with Gasteiger partial charge in [-0.2, -0.15) is 0 Å². The third-order valence-electron chi connectivity index (χ3n) is 6.15. The predicted octanol–water partition coefficient (Wildman–Crippen LogP) is 4.45. The lowest BCUT2D eigenvalue weighted by molar-refractivity contribution is -0.0347. The van der Waals surface area contributed by atoms with E-state index in [4.69, 9.17) is 0 Å². The normalized spacial score (nSPS) is 33.5. The van der Waals surface area contributed by atoms with Gasteiger partial charge in [-0.3, -0.25) is 4.79 Å². The molecule has 0 bridgehead atoms. The van der Waals surface area contributed by atoms with Crippen LogP contribution in [0.3, 0.4) is 0 Å². The summed E-state index contributed by atoms with van der Waals surface area (Å²) in [7, 11) is 0. The third kappa shape index (κ3) is 2.23. The maximum absolute atomic E-state index is 12.8. The topological polar surface area (TPSA) is 37.3 Å². The summed E-state index contributed by atoms with van der Waals surface area (Å²) < 4.78 is 0. The van der Waals surface area contributed by atoms with Gasteiger partial charge in [0.05, 0.1) is 6.10 Å². The van der Waals surface area contributed by atoms with Crippen LogP contribution >= 0.6 is 0 Å². The standard InChI is InChI=1S/C20H28O2/c1-12(2)13-6-7-16-15(8-13)17(22)9-18-19(3,4)10-14(21)11-20(16,18)5/h6-8,12,14,18,21H,9-11H2,1-5H3. The van der Waals surface area contributed by atoms with E-state index < -0.39 is 0 Å². The van der Waals surface area contributed by atoms with Gasteiger partial charge in [-0.25, -0.2) is 0 Å². The molecule has 120 valence electrons. The van der Waals surface area contributed by atoms with Crippen molar-refractivity contribution < 1.29 is 9.90 Å². The number of aliphatic hydroxyl groups is 1. The van der Waals surface area contributed by atoms with Crippen molar-refractivity contribution >= 4 is 5.78 Å². The second kappa shape index (κ2) is 4.92. The molecule has 2 aliphatic carbocycles. The minimum Gasteiger partial charge on any atom is -0.393 e. The molecule has 0 radical (unpaired) electrons. The zero-order valence-electron chi connectivity index (χ0n) is 14.4. The average molecular weight is 300 g/mol. The van der Waals surface area contributed by atoms with Gasteiger partial charge >= 0.3 is 0 Å². The van der Waals surface area contributed by atoms with Gasteiger partial charge in [0, 0.05) is 12.0 Å². The van der Waals surface area contributed by atoms with E-state index in [1.165, 1.54) is 5.56 Å². The third-order valence-corrected chi connectivity index (χ3v) is 6.15. The van der Waals surface area contributed by atoms with Crippen molar-refractivity contribution in [1.82, 2.24) is 0 Å². The van der Waals surface area contributed by atoms with Gasteiger partial charge in [-0.05, 0) is 52.7 Å². The zero-order valence-corrected chi connectivity index (χ0v) is 14.4. The minimum absolute atomic E-state index is 0.00349. The first-order chi connectivity index (χ1) is 10.1. The van der Waals surface area contributed by atoms with Crippen LogP contribution in [0.25, 0.3) is 0 Å². The summed E-state index contributed by atoms with van der Waals surface area (Å²) in [4.78, 5) is 12.8. The van der Waals surface area contributed by atoms with Gasteiger partial charge < -0.3 is 5.11 Å². The van der Waals surface area contributed by atoms with Crippen LogP contribution in [-0.4, -0.2) is 17.0 Å². The number of carbonyl (C=O) groups excluding carboxylic acids is 1. The maximum Gasteiger partial charge on any atom is 0.163 e. The van der Waals surface area contributed by atoms with Crippen molar-refractivity contribution in [2.45, 2.75) is 71.3 Å². The Morgan fingerprint density at radius 3 is 2.50 bits per heavy atom. The van der Waals surface area contributed by atoms with Crippen molar-refractivity contribution in [3.05, 3.63) is 34.9 Å². The highest BCUT2D eigenvalue weighted by Gasteiger charge is 2.54. The average Bonchev–Trinajstić information content (AvgIpc) is 2.40. The van der Waals surface area contributed by atoms with Crippen molar-refractivity contribution in [2.75, 3.05) is 0 Å². The fraction of sp³-hybridized carbons (Fsp3) is 0.650. The van der Waals surface area contributed by atoms with E-state index in [1.54, 1.807) is 0 Å². The number of ketones is 1. The van der Waals surface area contributed by atoms with E-state index in [1.807, 2.05) is 0 Å². The Balaban J connectivity index is 2.16. The van der Waals surface area contributed by atoms with Crippen molar-refractivity contribution in [3.8, 4) is 0 Å². The quantitative estimate of drug-likeness (QED) is 0.832. The SMILES string of the molecule is CC(C)c1ccc2c(c1)C(=O)CC1C(C)(C)CC(O)CC21C. The molecule has 0 heterocycles. The first-order valence-electron chi connectivity index (χ1n) is 8.51. The second-order valence-electron chi connectivity index (χ2n) is 8.61. The van der Waals surface area contributed by atoms with Gasteiger partial charge in [0.15, 0.2) is 5.78 Å².